The van der Waals surface area contributed by atoms with Crippen LogP contribution in [0.5, 0.6) is 0 Å². The normalized spacial score (nSPS) is 10.5. The fraction of sp³-hybridized carbons (Fsp3) is 0.643. The molecule has 1 amide bonds. The summed E-state index contributed by atoms with van der Waals surface area (Å²) in [6, 6.07) is 0. The third-order valence-corrected chi connectivity index (χ3v) is 3.44. The first-order valence-corrected chi connectivity index (χ1v) is 8.08. The van der Waals surface area contributed by atoms with Gasteiger partial charge >= 0.3 is 0 Å². The largest absolute Gasteiger partial charge is 0.369 e. The van der Waals surface area contributed by atoms with E-state index in [1.54, 1.807) is 0 Å². The second kappa shape index (κ2) is 9.55. The highest BCUT2D eigenvalue weighted by Gasteiger charge is 2.08. The van der Waals surface area contributed by atoms with Gasteiger partial charge in [-0.25, -0.2) is 9.97 Å². The minimum absolute atomic E-state index is 0.0470. The zero-order valence-corrected chi connectivity index (χ0v) is 14.5. The smallest absolute Gasteiger partial charge is 0.221 e. The summed E-state index contributed by atoms with van der Waals surface area (Å²) in [5.74, 6) is 1.97. The van der Waals surface area contributed by atoms with E-state index in [-0.39, 0.29) is 5.91 Å². The van der Waals surface area contributed by atoms with Crippen LogP contribution in [0.4, 0.5) is 11.6 Å². The van der Waals surface area contributed by atoms with Gasteiger partial charge in [0.2, 0.25) is 5.91 Å². The van der Waals surface area contributed by atoms with Crippen molar-refractivity contribution in [3.63, 3.8) is 0 Å². The first-order chi connectivity index (χ1) is 10.0. The maximum Gasteiger partial charge on any atom is 0.221 e. The predicted octanol–water partition coefficient (Wildman–Crippen LogP) is 2.64. The van der Waals surface area contributed by atoms with Gasteiger partial charge in [-0.2, -0.15) is 0 Å². The number of carbonyl (C=O) groups excluding carboxylic acids is 1. The molecule has 0 aliphatic rings. The molecule has 0 radical (unpaired) electrons. The molecule has 0 saturated heterocycles. The van der Waals surface area contributed by atoms with Crippen molar-refractivity contribution in [2.75, 3.05) is 30.3 Å². The molecule has 0 unspecified atom stereocenters. The Balaban J connectivity index is 2.43. The van der Waals surface area contributed by atoms with Crippen molar-refractivity contribution in [3.05, 3.63) is 10.8 Å². The molecule has 1 heterocycles. The Morgan fingerprint density at radius 1 is 1.24 bits per heavy atom. The molecule has 21 heavy (non-hydrogen) atoms. The van der Waals surface area contributed by atoms with Crippen LogP contribution < -0.4 is 16.0 Å². The van der Waals surface area contributed by atoms with Gasteiger partial charge in [0.25, 0.3) is 0 Å². The number of halogens is 1. The summed E-state index contributed by atoms with van der Waals surface area (Å²) in [4.78, 5) is 20.0. The zero-order chi connectivity index (χ0) is 15.7. The van der Waals surface area contributed by atoms with Crippen molar-refractivity contribution in [3.8, 4) is 0 Å². The van der Waals surface area contributed by atoms with E-state index in [0.717, 1.165) is 23.3 Å². The molecule has 7 heteroatoms. The lowest BCUT2D eigenvalue weighted by Crippen LogP contribution is -2.28. The Kier molecular flexibility index (Phi) is 8.04. The van der Waals surface area contributed by atoms with E-state index in [1.165, 1.54) is 6.33 Å². The monoisotopic (exact) mass is 357 g/mol. The Labute approximate surface area is 134 Å². The van der Waals surface area contributed by atoms with E-state index in [1.807, 2.05) is 0 Å². The summed E-state index contributed by atoms with van der Waals surface area (Å²) in [6.07, 6.45) is 2.94. The molecule has 0 bridgehead atoms. The van der Waals surface area contributed by atoms with Crippen LogP contribution in [0.1, 0.15) is 33.6 Å². The highest BCUT2D eigenvalue weighted by molar-refractivity contribution is 9.10. The number of aromatic nitrogens is 2. The van der Waals surface area contributed by atoms with E-state index < -0.39 is 0 Å². The van der Waals surface area contributed by atoms with E-state index in [2.05, 4.69) is 62.6 Å². The molecular weight excluding hydrogens is 334 g/mol. The molecule has 6 nitrogen and oxygen atoms in total. The van der Waals surface area contributed by atoms with E-state index in [0.29, 0.717) is 31.2 Å². The molecule has 1 aromatic heterocycles. The number of amides is 1. The molecule has 0 aromatic carbocycles. The molecule has 0 atom stereocenters. The predicted molar refractivity (Wildman–Crippen MR) is 89.5 cm³/mol. The standard InChI is InChI=1S/C14H24BrN5O/c1-4-6-16-13-12(15)14(20-9-19-13)17-7-5-11(21)18-8-10(2)3/h9-10H,4-8H2,1-3H3,(H,18,21)(H2,16,17,19,20). The van der Waals surface area contributed by atoms with Crippen LogP contribution >= 0.6 is 15.9 Å². The number of hydrogen-bond donors (Lipinski definition) is 3. The van der Waals surface area contributed by atoms with Gasteiger partial charge in [0.05, 0.1) is 0 Å². The van der Waals surface area contributed by atoms with Gasteiger partial charge in [-0.05, 0) is 28.3 Å². The van der Waals surface area contributed by atoms with Crippen molar-refractivity contribution >= 4 is 33.5 Å². The van der Waals surface area contributed by atoms with Crippen molar-refractivity contribution in [1.29, 1.82) is 0 Å². The molecule has 1 rings (SSSR count). The summed E-state index contributed by atoms with van der Waals surface area (Å²) >= 11 is 3.48. The first-order valence-electron chi connectivity index (χ1n) is 7.29. The average molecular weight is 358 g/mol. The number of nitrogens with zero attached hydrogens (tertiary/aromatic N) is 2. The minimum Gasteiger partial charge on any atom is -0.369 e. The number of rotatable bonds is 9. The third-order valence-electron chi connectivity index (χ3n) is 2.68. The third kappa shape index (κ3) is 6.75. The lowest BCUT2D eigenvalue weighted by Gasteiger charge is -2.11. The van der Waals surface area contributed by atoms with Crippen molar-refractivity contribution < 1.29 is 4.79 Å². The number of nitrogens with one attached hydrogen (secondary N) is 3. The van der Waals surface area contributed by atoms with E-state index in [9.17, 15) is 4.79 Å². The molecule has 118 valence electrons. The van der Waals surface area contributed by atoms with Crippen LogP contribution in [0.2, 0.25) is 0 Å². The van der Waals surface area contributed by atoms with Gasteiger partial charge in [0.15, 0.2) is 0 Å². The van der Waals surface area contributed by atoms with Crippen LogP contribution in [-0.4, -0.2) is 35.5 Å². The molecule has 0 saturated carbocycles. The molecule has 0 aliphatic heterocycles. The van der Waals surface area contributed by atoms with Crippen molar-refractivity contribution in [1.82, 2.24) is 15.3 Å². The van der Waals surface area contributed by atoms with Crippen LogP contribution in [0.25, 0.3) is 0 Å². The summed E-state index contributed by atoms with van der Waals surface area (Å²) in [6.45, 7) is 8.33. The molecule has 0 spiro atoms. The van der Waals surface area contributed by atoms with Crippen molar-refractivity contribution in [2.45, 2.75) is 33.6 Å². The zero-order valence-electron chi connectivity index (χ0n) is 12.9. The molecular formula is C14H24BrN5O. The lowest BCUT2D eigenvalue weighted by molar-refractivity contribution is -0.120. The fourth-order valence-corrected chi connectivity index (χ4v) is 2.05. The summed E-state index contributed by atoms with van der Waals surface area (Å²) in [7, 11) is 0. The van der Waals surface area contributed by atoms with Crippen LogP contribution in [-0.2, 0) is 4.79 Å². The average Bonchev–Trinajstić information content (AvgIpc) is 2.45. The Morgan fingerprint density at radius 3 is 2.43 bits per heavy atom. The summed E-state index contributed by atoms with van der Waals surface area (Å²) in [5, 5.41) is 9.25. The maximum atomic E-state index is 11.6. The number of carbonyl (C=O) groups is 1. The van der Waals surface area contributed by atoms with Gasteiger partial charge < -0.3 is 16.0 Å². The summed E-state index contributed by atoms with van der Waals surface area (Å²) in [5.41, 5.74) is 0. The van der Waals surface area contributed by atoms with Gasteiger partial charge in [0.1, 0.15) is 22.4 Å². The van der Waals surface area contributed by atoms with Crippen LogP contribution in [0, 0.1) is 5.92 Å². The Hall–Kier alpha value is -1.37. The molecule has 3 N–H and O–H groups in total. The van der Waals surface area contributed by atoms with Gasteiger partial charge in [-0.3, -0.25) is 4.79 Å². The minimum atomic E-state index is 0.0470. The van der Waals surface area contributed by atoms with Gasteiger partial charge in [0, 0.05) is 26.1 Å². The maximum absolute atomic E-state index is 11.6. The van der Waals surface area contributed by atoms with E-state index >= 15 is 0 Å². The molecule has 0 fully saturated rings. The first kappa shape index (κ1) is 17.7. The van der Waals surface area contributed by atoms with Gasteiger partial charge in [-0.1, -0.05) is 20.8 Å². The molecule has 0 aliphatic carbocycles. The van der Waals surface area contributed by atoms with E-state index in [4.69, 9.17) is 0 Å². The fourth-order valence-electron chi connectivity index (χ4n) is 1.56. The summed E-state index contributed by atoms with van der Waals surface area (Å²) < 4.78 is 0.793. The van der Waals surface area contributed by atoms with Crippen LogP contribution in [0.15, 0.2) is 10.8 Å². The number of hydrogen-bond acceptors (Lipinski definition) is 5. The Bertz CT molecular complexity index is 453. The second-order valence-corrected chi connectivity index (χ2v) is 5.98. The Morgan fingerprint density at radius 2 is 1.86 bits per heavy atom. The quantitative estimate of drug-likeness (QED) is 0.633. The second-order valence-electron chi connectivity index (χ2n) is 5.19. The highest BCUT2D eigenvalue weighted by atomic mass is 79.9. The highest BCUT2D eigenvalue weighted by Crippen LogP contribution is 2.26. The SMILES string of the molecule is CCCNc1ncnc(NCCC(=O)NCC(C)C)c1Br. The number of anilines is 2. The van der Waals surface area contributed by atoms with Crippen molar-refractivity contribution in [2.24, 2.45) is 5.92 Å². The topological polar surface area (TPSA) is 78.9 Å². The van der Waals surface area contributed by atoms with Crippen LogP contribution in [0.3, 0.4) is 0 Å². The van der Waals surface area contributed by atoms with Gasteiger partial charge in [-0.15, -0.1) is 0 Å². The molecule has 1 aromatic rings. The lowest BCUT2D eigenvalue weighted by atomic mass is 10.2.